The number of nitrogens with zero attached hydrogens (tertiary/aromatic N) is 1. The summed E-state index contributed by atoms with van der Waals surface area (Å²) in [5.74, 6) is -2.38. The summed E-state index contributed by atoms with van der Waals surface area (Å²) in [6.07, 6.45) is 7.17. The number of carbonyl (C=O) groups excluding carboxylic acids is 3. The molecule has 0 unspecified atom stereocenters. The van der Waals surface area contributed by atoms with Crippen LogP contribution in [-0.4, -0.2) is 22.7 Å². The molecule has 7 nitrogen and oxygen atoms in total. The Morgan fingerprint density at radius 3 is 2.22 bits per heavy atom. The van der Waals surface area contributed by atoms with Gasteiger partial charge in [-0.05, 0) is 42.2 Å². The molecule has 2 saturated carbocycles. The third-order valence-corrected chi connectivity index (χ3v) is 7.26. The summed E-state index contributed by atoms with van der Waals surface area (Å²) < 4.78 is 0. The SMILES string of the molecule is NC(=O)CC[C@@]1(C(N)=O)[C@@H]2C=C[C@@H](C23CC3)[C@@]1(C(N)=O)c1ccc(Cl)nc1. The molecule has 0 aromatic carbocycles. The molecule has 4 atom stereocenters. The first-order chi connectivity index (χ1) is 12.7. The van der Waals surface area contributed by atoms with Crippen LogP contribution in [-0.2, 0) is 19.8 Å². The summed E-state index contributed by atoms with van der Waals surface area (Å²) in [7, 11) is 0. The zero-order valence-corrected chi connectivity index (χ0v) is 15.4. The maximum absolute atomic E-state index is 13.1. The Morgan fingerprint density at radius 2 is 1.74 bits per heavy atom. The van der Waals surface area contributed by atoms with E-state index in [-0.39, 0.29) is 35.2 Å². The van der Waals surface area contributed by atoms with Gasteiger partial charge in [-0.3, -0.25) is 14.4 Å². The summed E-state index contributed by atoms with van der Waals surface area (Å²) in [4.78, 5) is 41.8. The summed E-state index contributed by atoms with van der Waals surface area (Å²) in [6, 6.07) is 3.24. The fraction of sp³-hybridized carbons (Fsp3) is 0.474. The second-order valence-corrected chi connectivity index (χ2v) is 8.30. The smallest absolute Gasteiger partial charge is 0.229 e. The van der Waals surface area contributed by atoms with E-state index in [2.05, 4.69) is 4.98 Å². The Kier molecular flexibility index (Phi) is 3.69. The highest BCUT2D eigenvalue weighted by molar-refractivity contribution is 6.29. The predicted octanol–water partition coefficient (Wildman–Crippen LogP) is 0.791. The highest BCUT2D eigenvalue weighted by atomic mass is 35.5. The fourth-order valence-corrected chi connectivity index (χ4v) is 6.14. The van der Waals surface area contributed by atoms with Gasteiger partial charge in [0.15, 0.2) is 0 Å². The number of hydrogen-bond acceptors (Lipinski definition) is 4. The standard InChI is InChI=1S/C19H21ClN4O3/c20-13-4-1-10(9-24-13)19(16(23)27)12-3-2-11(17(12)7-8-17)18(19,15(22)26)6-5-14(21)25/h1-4,9,11-12H,5-8H2,(H2,21,25)(H2,22,26)(H2,23,27)/t11-,12+,18+,19-/m1/s1. The minimum Gasteiger partial charge on any atom is -0.370 e. The van der Waals surface area contributed by atoms with E-state index in [1.54, 1.807) is 12.1 Å². The van der Waals surface area contributed by atoms with Crippen molar-refractivity contribution in [3.8, 4) is 0 Å². The van der Waals surface area contributed by atoms with E-state index in [9.17, 15) is 14.4 Å². The van der Waals surface area contributed by atoms with Crippen LogP contribution in [0.25, 0.3) is 0 Å². The first-order valence-electron chi connectivity index (χ1n) is 8.92. The molecule has 2 bridgehead atoms. The number of allylic oxidation sites excluding steroid dienone is 2. The fourth-order valence-electron chi connectivity index (χ4n) is 6.02. The molecule has 1 aromatic rings. The number of halogens is 1. The van der Waals surface area contributed by atoms with Gasteiger partial charge < -0.3 is 17.2 Å². The molecule has 1 heterocycles. The summed E-state index contributed by atoms with van der Waals surface area (Å²) in [5, 5.41) is 0.264. The van der Waals surface area contributed by atoms with Gasteiger partial charge in [0.1, 0.15) is 5.15 Å². The maximum Gasteiger partial charge on any atom is 0.229 e. The van der Waals surface area contributed by atoms with E-state index in [0.717, 1.165) is 12.8 Å². The van der Waals surface area contributed by atoms with E-state index < -0.39 is 28.6 Å². The van der Waals surface area contributed by atoms with Crippen LogP contribution in [0.1, 0.15) is 31.2 Å². The van der Waals surface area contributed by atoms with Crippen LogP contribution in [0.15, 0.2) is 30.5 Å². The Balaban J connectivity index is 2.02. The Morgan fingerprint density at radius 1 is 1.07 bits per heavy atom. The number of carbonyl (C=O) groups is 3. The van der Waals surface area contributed by atoms with E-state index in [1.165, 1.54) is 6.20 Å². The van der Waals surface area contributed by atoms with Gasteiger partial charge in [0.05, 0.1) is 10.8 Å². The van der Waals surface area contributed by atoms with Gasteiger partial charge in [-0.1, -0.05) is 29.8 Å². The molecule has 0 radical (unpaired) electrons. The molecule has 1 spiro atoms. The van der Waals surface area contributed by atoms with Crippen LogP contribution in [0.4, 0.5) is 0 Å². The van der Waals surface area contributed by atoms with E-state index in [0.29, 0.717) is 5.56 Å². The van der Waals surface area contributed by atoms with Crippen LogP contribution in [0.3, 0.4) is 0 Å². The van der Waals surface area contributed by atoms with E-state index >= 15 is 0 Å². The molecule has 0 aliphatic heterocycles. The Labute approximate surface area is 161 Å². The molecule has 3 aliphatic rings. The zero-order valence-electron chi connectivity index (χ0n) is 14.7. The number of hydrogen-bond donors (Lipinski definition) is 3. The predicted molar refractivity (Wildman–Crippen MR) is 98.0 cm³/mol. The summed E-state index contributed by atoms with van der Waals surface area (Å²) in [5.41, 5.74) is 14.9. The second-order valence-electron chi connectivity index (χ2n) is 7.92. The Hall–Kier alpha value is -2.41. The third-order valence-electron chi connectivity index (χ3n) is 7.04. The second kappa shape index (κ2) is 5.55. The van der Waals surface area contributed by atoms with Gasteiger partial charge in [-0.25, -0.2) is 4.98 Å². The van der Waals surface area contributed by atoms with Crippen molar-refractivity contribution in [1.29, 1.82) is 0 Å². The van der Waals surface area contributed by atoms with Gasteiger partial charge in [0.25, 0.3) is 0 Å². The van der Waals surface area contributed by atoms with Crippen molar-refractivity contribution >= 4 is 29.3 Å². The Bertz CT molecular complexity index is 879. The van der Waals surface area contributed by atoms with Crippen LogP contribution >= 0.6 is 11.6 Å². The maximum atomic E-state index is 13.1. The van der Waals surface area contributed by atoms with Crippen molar-refractivity contribution in [3.63, 3.8) is 0 Å². The van der Waals surface area contributed by atoms with Crippen molar-refractivity contribution in [1.82, 2.24) is 4.98 Å². The molecule has 1 aromatic heterocycles. The van der Waals surface area contributed by atoms with Crippen LogP contribution in [0.5, 0.6) is 0 Å². The minimum atomic E-state index is -1.39. The average Bonchev–Trinajstić information content (AvgIpc) is 3.27. The molecule has 8 heteroatoms. The quantitative estimate of drug-likeness (QED) is 0.489. The van der Waals surface area contributed by atoms with Gasteiger partial charge in [-0.15, -0.1) is 0 Å². The average molecular weight is 389 g/mol. The van der Waals surface area contributed by atoms with Crippen molar-refractivity contribution in [2.45, 2.75) is 31.1 Å². The van der Waals surface area contributed by atoms with Gasteiger partial charge >= 0.3 is 0 Å². The van der Waals surface area contributed by atoms with Crippen molar-refractivity contribution in [2.75, 3.05) is 0 Å². The van der Waals surface area contributed by atoms with Crippen molar-refractivity contribution in [2.24, 2.45) is 39.9 Å². The monoisotopic (exact) mass is 388 g/mol. The lowest BCUT2D eigenvalue weighted by atomic mass is 9.52. The lowest BCUT2D eigenvalue weighted by molar-refractivity contribution is -0.144. The van der Waals surface area contributed by atoms with Crippen LogP contribution < -0.4 is 17.2 Å². The summed E-state index contributed by atoms with van der Waals surface area (Å²) in [6.45, 7) is 0. The lowest BCUT2D eigenvalue weighted by Crippen LogP contribution is -2.62. The van der Waals surface area contributed by atoms with Gasteiger partial charge in [0, 0.05) is 18.5 Å². The highest BCUT2D eigenvalue weighted by Crippen LogP contribution is 2.80. The number of nitrogens with two attached hydrogens (primary N) is 3. The molecule has 4 rings (SSSR count). The topological polar surface area (TPSA) is 142 Å². The first kappa shape index (κ1) is 18.0. The minimum absolute atomic E-state index is 0.0634. The number of primary amides is 3. The summed E-state index contributed by atoms with van der Waals surface area (Å²) >= 11 is 5.93. The molecule has 6 N–H and O–H groups in total. The van der Waals surface area contributed by atoms with Crippen LogP contribution in [0.2, 0.25) is 5.15 Å². The largest absolute Gasteiger partial charge is 0.370 e. The lowest BCUT2D eigenvalue weighted by Gasteiger charge is -2.47. The normalized spacial score (nSPS) is 34.7. The molecule has 142 valence electrons. The zero-order chi connectivity index (χ0) is 19.6. The number of aromatic nitrogens is 1. The van der Waals surface area contributed by atoms with Crippen LogP contribution in [0, 0.1) is 22.7 Å². The van der Waals surface area contributed by atoms with E-state index in [1.807, 2.05) is 12.2 Å². The molecule has 0 saturated heterocycles. The number of rotatable bonds is 6. The molecular formula is C19H21ClN4O3. The number of amides is 3. The van der Waals surface area contributed by atoms with Crippen molar-refractivity contribution in [3.05, 3.63) is 41.2 Å². The molecule has 2 fully saturated rings. The molecule has 3 aliphatic carbocycles. The molecular weight excluding hydrogens is 368 g/mol. The first-order valence-corrected chi connectivity index (χ1v) is 9.30. The van der Waals surface area contributed by atoms with Crippen molar-refractivity contribution < 1.29 is 14.4 Å². The molecule has 3 amide bonds. The third kappa shape index (κ3) is 1.98. The van der Waals surface area contributed by atoms with Gasteiger partial charge in [-0.2, -0.15) is 0 Å². The highest BCUT2D eigenvalue weighted by Gasteiger charge is 2.82. The number of pyridine rings is 1. The van der Waals surface area contributed by atoms with Gasteiger partial charge in [0.2, 0.25) is 17.7 Å². The van der Waals surface area contributed by atoms with E-state index in [4.69, 9.17) is 28.8 Å². The molecule has 27 heavy (non-hydrogen) atoms.